The van der Waals surface area contributed by atoms with E-state index in [4.69, 9.17) is 10.2 Å². The predicted molar refractivity (Wildman–Crippen MR) is 46.9 cm³/mol. The van der Waals surface area contributed by atoms with Crippen LogP contribution in [0.1, 0.15) is 26.7 Å². The molecule has 0 saturated heterocycles. The molecule has 2 N–H and O–H groups in total. The molecule has 0 aliphatic heterocycles. The summed E-state index contributed by atoms with van der Waals surface area (Å²) < 4.78 is 0. The fourth-order valence-electron chi connectivity index (χ4n) is 0.768. The Labute approximate surface area is 72.7 Å². The Bertz CT molecular complexity index is 173. The van der Waals surface area contributed by atoms with Crippen LogP contribution in [0.2, 0.25) is 0 Å². The average Bonchev–Trinajstić information content (AvgIpc) is 2.03. The minimum atomic E-state index is -0.759. The summed E-state index contributed by atoms with van der Waals surface area (Å²) in [5, 5.41) is 17.2. The van der Waals surface area contributed by atoms with Crippen molar-refractivity contribution in [1.29, 1.82) is 0 Å². The second-order valence-corrected chi connectivity index (χ2v) is 3.03. The highest BCUT2D eigenvalue weighted by molar-refractivity contribution is 5.69. The second kappa shape index (κ2) is 5.77. The van der Waals surface area contributed by atoms with E-state index in [-0.39, 0.29) is 12.5 Å². The van der Waals surface area contributed by atoms with Crippen LogP contribution >= 0.6 is 0 Å². The summed E-state index contributed by atoms with van der Waals surface area (Å²) in [5.74, 6) is -1.06. The van der Waals surface area contributed by atoms with Crippen molar-refractivity contribution in [2.45, 2.75) is 26.7 Å². The van der Waals surface area contributed by atoms with Crippen LogP contribution in [0.4, 0.5) is 0 Å². The van der Waals surface area contributed by atoms with Crippen LogP contribution in [0, 0.1) is 5.92 Å². The second-order valence-electron chi connectivity index (χ2n) is 3.03. The molecule has 1 atom stereocenters. The minimum Gasteiger partial charge on any atom is -0.481 e. The Kier molecular flexibility index (Phi) is 5.37. The summed E-state index contributed by atoms with van der Waals surface area (Å²) in [6.45, 7) is 3.57. The van der Waals surface area contributed by atoms with E-state index in [2.05, 4.69) is 0 Å². The molecule has 0 bridgehead atoms. The van der Waals surface area contributed by atoms with E-state index in [1.54, 1.807) is 6.92 Å². The zero-order valence-corrected chi connectivity index (χ0v) is 7.58. The monoisotopic (exact) mass is 172 g/mol. The lowest BCUT2D eigenvalue weighted by Crippen LogP contribution is -2.08. The largest absolute Gasteiger partial charge is 0.481 e. The molecular weight excluding hydrogens is 156 g/mol. The van der Waals surface area contributed by atoms with Crippen molar-refractivity contribution in [2.24, 2.45) is 5.92 Å². The van der Waals surface area contributed by atoms with Gasteiger partial charge < -0.3 is 10.2 Å². The van der Waals surface area contributed by atoms with Gasteiger partial charge in [0.15, 0.2) is 0 Å². The highest BCUT2D eigenvalue weighted by Crippen LogP contribution is 2.07. The lowest BCUT2D eigenvalue weighted by molar-refractivity contribution is -0.141. The Balaban J connectivity index is 3.62. The number of carboxylic acid groups (broad SMARTS) is 1. The number of carboxylic acids is 1. The fraction of sp³-hybridized carbons (Fsp3) is 0.667. The van der Waals surface area contributed by atoms with E-state index in [1.165, 1.54) is 0 Å². The third-order valence-corrected chi connectivity index (χ3v) is 1.76. The molecule has 0 aromatic rings. The van der Waals surface area contributed by atoms with Gasteiger partial charge >= 0.3 is 5.97 Å². The molecule has 0 aliphatic rings. The summed E-state index contributed by atoms with van der Waals surface area (Å²) in [6.07, 6.45) is 3.23. The highest BCUT2D eigenvalue weighted by Gasteiger charge is 2.08. The molecule has 0 radical (unpaired) electrons. The van der Waals surface area contributed by atoms with Crippen molar-refractivity contribution in [2.75, 3.05) is 6.61 Å². The maximum Gasteiger partial charge on any atom is 0.306 e. The zero-order valence-electron chi connectivity index (χ0n) is 7.58. The standard InChI is InChI=1S/C9H16O3/c1-7(6-10)4-3-5-8(2)9(11)12/h4,8,10H,3,5-6H2,1-2H3,(H,11,12)/b7-4-. The van der Waals surface area contributed by atoms with Crippen molar-refractivity contribution in [3.05, 3.63) is 11.6 Å². The molecule has 0 rings (SSSR count). The summed E-state index contributed by atoms with van der Waals surface area (Å²) in [7, 11) is 0. The number of allylic oxidation sites excluding steroid dienone is 1. The van der Waals surface area contributed by atoms with Gasteiger partial charge in [0.05, 0.1) is 12.5 Å². The molecule has 3 heteroatoms. The van der Waals surface area contributed by atoms with Gasteiger partial charge in [0.1, 0.15) is 0 Å². The van der Waals surface area contributed by atoms with Gasteiger partial charge in [-0.2, -0.15) is 0 Å². The maximum absolute atomic E-state index is 10.4. The van der Waals surface area contributed by atoms with Crippen LogP contribution in [-0.4, -0.2) is 22.8 Å². The Morgan fingerprint density at radius 2 is 2.17 bits per heavy atom. The number of aliphatic hydroxyl groups is 1. The normalized spacial score (nSPS) is 14.4. The molecule has 0 saturated carbocycles. The van der Waals surface area contributed by atoms with Crippen molar-refractivity contribution < 1.29 is 15.0 Å². The van der Waals surface area contributed by atoms with Crippen molar-refractivity contribution >= 4 is 5.97 Å². The van der Waals surface area contributed by atoms with Crippen molar-refractivity contribution in [3.8, 4) is 0 Å². The van der Waals surface area contributed by atoms with E-state index < -0.39 is 5.97 Å². The van der Waals surface area contributed by atoms with Gasteiger partial charge in [-0.3, -0.25) is 4.79 Å². The smallest absolute Gasteiger partial charge is 0.306 e. The van der Waals surface area contributed by atoms with Crippen LogP contribution in [0.3, 0.4) is 0 Å². The molecule has 0 amide bonds. The third kappa shape index (κ3) is 4.91. The van der Waals surface area contributed by atoms with Gasteiger partial charge in [0.25, 0.3) is 0 Å². The molecule has 0 aliphatic carbocycles. The Morgan fingerprint density at radius 1 is 1.58 bits per heavy atom. The minimum absolute atomic E-state index is 0.0570. The fourth-order valence-corrected chi connectivity index (χ4v) is 0.768. The number of carbonyl (C=O) groups is 1. The maximum atomic E-state index is 10.4. The first-order valence-corrected chi connectivity index (χ1v) is 4.07. The van der Waals surface area contributed by atoms with Crippen LogP contribution in [0.5, 0.6) is 0 Å². The molecule has 0 aromatic heterocycles. The van der Waals surface area contributed by atoms with Crippen molar-refractivity contribution in [3.63, 3.8) is 0 Å². The van der Waals surface area contributed by atoms with Gasteiger partial charge in [0, 0.05) is 0 Å². The lowest BCUT2D eigenvalue weighted by atomic mass is 10.1. The van der Waals surface area contributed by atoms with Crippen LogP contribution < -0.4 is 0 Å². The zero-order chi connectivity index (χ0) is 9.56. The van der Waals surface area contributed by atoms with E-state index in [9.17, 15) is 4.79 Å². The van der Waals surface area contributed by atoms with Crippen LogP contribution in [0.25, 0.3) is 0 Å². The first-order chi connectivity index (χ1) is 5.57. The van der Waals surface area contributed by atoms with Gasteiger partial charge in [0.2, 0.25) is 0 Å². The molecule has 0 spiro atoms. The van der Waals surface area contributed by atoms with E-state index in [0.717, 1.165) is 12.0 Å². The summed E-state index contributed by atoms with van der Waals surface area (Å²) in [4.78, 5) is 10.4. The molecule has 1 unspecified atom stereocenters. The Hall–Kier alpha value is -0.830. The first-order valence-electron chi connectivity index (χ1n) is 4.07. The Morgan fingerprint density at radius 3 is 2.58 bits per heavy atom. The molecular formula is C9H16O3. The summed E-state index contributed by atoms with van der Waals surface area (Å²) in [6, 6.07) is 0. The molecule has 0 heterocycles. The average molecular weight is 172 g/mol. The van der Waals surface area contributed by atoms with Crippen LogP contribution in [-0.2, 0) is 4.79 Å². The third-order valence-electron chi connectivity index (χ3n) is 1.76. The summed E-state index contributed by atoms with van der Waals surface area (Å²) >= 11 is 0. The number of hydrogen-bond donors (Lipinski definition) is 2. The quantitative estimate of drug-likeness (QED) is 0.617. The van der Waals surface area contributed by atoms with Gasteiger partial charge in [-0.25, -0.2) is 0 Å². The van der Waals surface area contributed by atoms with Gasteiger partial charge in [-0.1, -0.05) is 18.6 Å². The lowest BCUT2D eigenvalue weighted by Gasteiger charge is -2.02. The van der Waals surface area contributed by atoms with E-state index >= 15 is 0 Å². The van der Waals surface area contributed by atoms with Gasteiger partial charge in [-0.05, 0) is 19.8 Å². The summed E-state index contributed by atoms with van der Waals surface area (Å²) in [5.41, 5.74) is 0.896. The SMILES string of the molecule is C/C(=C/CCC(C)C(=O)O)CO. The molecule has 70 valence electrons. The molecule has 0 fully saturated rings. The number of aliphatic carboxylic acids is 1. The highest BCUT2D eigenvalue weighted by atomic mass is 16.4. The molecule has 12 heavy (non-hydrogen) atoms. The van der Waals surface area contributed by atoms with E-state index in [0.29, 0.717) is 6.42 Å². The van der Waals surface area contributed by atoms with E-state index in [1.807, 2.05) is 13.0 Å². The number of aliphatic hydroxyl groups excluding tert-OH is 1. The van der Waals surface area contributed by atoms with Gasteiger partial charge in [-0.15, -0.1) is 0 Å². The number of rotatable bonds is 5. The van der Waals surface area contributed by atoms with Crippen LogP contribution in [0.15, 0.2) is 11.6 Å². The topological polar surface area (TPSA) is 57.5 Å². The molecule has 0 aromatic carbocycles. The molecule has 3 nitrogen and oxygen atoms in total. The van der Waals surface area contributed by atoms with Crippen molar-refractivity contribution in [1.82, 2.24) is 0 Å². The number of hydrogen-bond acceptors (Lipinski definition) is 2. The predicted octanol–water partition coefficient (Wildman–Crippen LogP) is 1.43. The first kappa shape index (κ1) is 11.2.